The SMILES string of the molecule is CC1=C(C)C(=CC=Cc2c(C)c(C)cn2C(C(=O)[O-])C(C)C)[N+](C(C(=O)O)C(C)C)=C1. The number of aromatic nitrogens is 1. The van der Waals surface area contributed by atoms with Crippen LogP contribution in [0.3, 0.4) is 0 Å². The van der Waals surface area contributed by atoms with Gasteiger partial charge in [0.1, 0.15) is 0 Å². The van der Waals surface area contributed by atoms with Gasteiger partial charge in [0.25, 0.3) is 6.04 Å². The Morgan fingerprint density at radius 3 is 2.19 bits per heavy atom. The van der Waals surface area contributed by atoms with E-state index in [1.807, 2.05) is 90.6 Å². The second-order valence-electron chi connectivity index (χ2n) is 9.02. The molecule has 168 valence electrons. The van der Waals surface area contributed by atoms with Crippen LogP contribution in [0.25, 0.3) is 6.08 Å². The fourth-order valence-electron chi connectivity index (χ4n) is 4.09. The third-order valence-corrected chi connectivity index (χ3v) is 6.04. The fraction of sp³-hybridized carbons (Fsp3) is 0.480. The molecule has 0 amide bonds. The zero-order valence-corrected chi connectivity index (χ0v) is 19.8. The molecular formula is C25H34N2O4. The van der Waals surface area contributed by atoms with Gasteiger partial charge in [-0.3, -0.25) is 0 Å². The lowest BCUT2D eigenvalue weighted by Gasteiger charge is -2.25. The number of carbonyl (C=O) groups excluding carboxylic acids is 1. The van der Waals surface area contributed by atoms with Crippen molar-refractivity contribution >= 4 is 24.2 Å². The Balaban J connectivity index is 2.52. The number of carboxylic acid groups (broad SMARTS) is 2. The molecule has 0 bridgehead atoms. The van der Waals surface area contributed by atoms with Crippen molar-refractivity contribution in [2.75, 3.05) is 0 Å². The highest BCUT2D eigenvalue weighted by atomic mass is 16.4. The molecule has 0 radical (unpaired) electrons. The van der Waals surface area contributed by atoms with Crippen LogP contribution in [0, 0.1) is 25.7 Å². The normalized spacial score (nSPS) is 17.9. The van der Waals surface area contributed by atoms with Gasteiger partial charge >= 0.3 is 5.97 Å². The van der Waals surface area contributed by atoms with E-state index in [0.717, 1.165) is 33.7 Å². The monoisotopic (exact) mass is 426 g/mol. The summed E-state index contributed by atoms with van der Waals surface area (Å²) in [6, 6.07) is -1.43. The summed E-state index contributed by atoms with van der Waals surface area (Å²) in [7, 11) is 0. The Bertz CT molecular complexity index is 1000. The maximum absolute atomic E-state index is 11.9. The Hall–Kier alpha value is -2.89. The van der Waals surface area contributed by atoms with Gasteiger partial charge in [-0.15, -0.1) is 0 Å². The Morgan fingerprint density at radius 1 is 1.10 bits per heavy atom. The molecule has 31 heavy (non-hydrogen) atoms. The summed E-state index contributed by atoms with van der Waals surface area (Å²) in [5.74, 6) is -2.17. The summed E-state index contributed by atoms with van der Waals surface area (Å²) in [6.45, 7) is 15.4. The summed E-state index contributed by atoms with van der Waals surface area (Å²) in [6.07, 6.45) is 9.39. The van der Waals surface area contributed by atoms with E-state index in [0.29, 0.717) is 0 Å². The van der Waals surface area contributed by atoms with Crippen molar-refractivity contribution in [3.63, 3.8) is 0 Å². The average Bonchev–Trinajstić information content (AvgIpc) is 3.05. The third kappa shape index (κ3) is 4.89. The number of aliphatic carboxylic acids is 2. The van der Waals surface area contributed by atoms with E-state index in [4.69, 9.17) is 0 Å². The van der Waals surface area contributed by atoms with Gasteiger partial charge in [-0.2, -0.15) is 4.58 Å². The van der Waals surface area contributed by atoms with Crippen LogP contribution in [0.5, 0.6) is 0 Å². The lowest BCUT2D eigenvalue weighted by Crippen LogP contribution is -2.37. The summed E-state index contributed by atoms with van der Waals surface area (Å²) in [5, 5.41) is 21.5. The van der Waals surface area contributed by atoms with Crippen LogP contribution in [-0.2, 0) is 9.59 Å². The van der Waals surface area contributed by atoms with Gasteiger partial charge in [0.15, 0.2) is 6.21 Å². The molecule has 2 heterocycles. The minimum Gasteiger partial charge on any atom is -0.548 e. The first-order chi connectivity index (χ1) is 14.4. The predicted octanol–water partition coefficient (Wildman–Crippen LogP) is 3.49. The summed E-state index contributed by atoms with van der Waals surface area (Å²) in [5.41, 5.74) is 5.71. The molecule has 1 aromatic heterocycles. The number of hydrogen-bond donors (Lipinski definition) is 1. The molecule has 6 heteroatoms. The van der Waals surface area contributed by atoms with Gasteiger partial charge in [-0.25, -0.2) is 4.79 Å². The Morgan fingerprint density at radius 2 is 1.71 bits per heavy atom. The number of rotatable bonds is 8. The molecule has 2 atom stereocenters. The topological polar surface area (TPSA) is 85.4 Å². The lowest BCUT2D eigenvalue weighted by molar-refractivity contribution is -0.504. The number of carbonyl (C=O) groups is 2. The molecule has 1 aliphatic heterocycles. The zero-order chi connectivity index (χ0) is 23.6. The standard InChI is InChI=1S/C25H34N2O4/c1-14(2)22(24(28)29)26-12-16(5)18(7)20(26)10-9-11-21-19(8)17(6)13-27(21)23(15(3)4)25(30)31/h9-15,22-23H,1-8H3,(H-,28,29,30,31). The molecule has 0 saturated heterocycles. The molecule has 1 aliphatic rings. The van der Waals surface area contributed by atoms with Gasteiger partial charge in [-0.1, -0.05) is 33.8 Å². The van der Waals surface area contributed by atoms with E-state index in [1.54, 1.807) is 4.57 Å². The molecule has 1 aromatic rings. The van der Waals surface area contributed by atoms with Crippen LogP contribution in [0.15, 0.2) is 35.2 Å². The van der Waals surface area contributed by atoms with Gasteiger partial charge < -0.3 is 19.6 Å². The van der Waals surface area contributed by atoms with Crippen molar-refractivity contribution in [3.8, 4) is 0 Å². The van der Waals surface area contributed by atoms with Crippen molar-refractivity contribution in [3.05, 3.63) is 52.0 Å². The number of carboxylic acids is 2. The van der Waals surface area contributed by atoms with Crippen LogP contribution >= 0.6 is 0 Å². The number of hydrogen-bond acceptors (Lipinski definition) is 3. The van der Waals surface area contributed by atoms with Crippen molar-refractivity contribution in [1.29, 1.82) is 0 Å². The highest BCUT2D eigenvalue weighted by molar-refractivity contribution is 5.82. The predicted molar refractivity (Wildman–Crippen MR) is 121 cm³/mol. The fourth-order valence-corrected chi connectivity index (χ4v) is 4.09. The van der Waals surface area contributed by atoms with Crippen LogP contribution in [0.4, 0.5) is 0 Å². The third-order valence-electron chi connectivity index (χ3n) is 6.04. The van der Waals surface area contributed by atoms with Gasteiger partial charge in [0.2, 0.25) is 5.70 Å². The smallest absolute Gasteiger partial charge is 0.373 e. The maximum atomic E-state index is 11.9. The first-order valence-electron chi connectivity index (χ1n) is 10.7. The Labute approximate surface area is 184 Å². The highest BCUT2D eigenvalue weighted by Gasteiger charge is 2.38. The molecule has 2 unspecified atom stereocenters. The van der Waals surface area contributed by atoms with Gasteiger partial charge in [0.05, 0.1) is 12.0 Å². The van der Waals surface area contributed by atoms with Crippen LogP contribution < -0.4 is 5.11 Å². The van der Waals surface area contributed by atoms with E-state index >= 15 is 0 Å². The molecule has 0 aromatic carbocycles. The average molecular weight is 427 g/mol. The van der Waals surface area contributed by atoms with E-state index in [2.05, 4.69) is 0 Å². The van der Waals surface area contributed by atoms with Crippen LogP contribution in [0.2, 0.25) is 0 Å². The molecule has 2 rings (SSSR count). The minimum atomic E-state index is -1.11. The molecular weight excluding hydrogens is 392 g/mol. The van der Waals surface area contributed by atoms with E-state index in [1.165, 1.54) is 0 Å². The van der Waals surface area contributed by atoms with Gasteiger partial charge in [-0.05, 0) is 50.8 Å². The number of allylic oxidation sites excluding steroid dienone is 4. The Kier molecular flexibility index (Phi) is 7.47. The number of aryl methyl sites for hydroxylation is 1. The second-order valence-corrected chi connectivity index (χ2v) is 9.02. The van der Waals surface area contributed by atoms with Crippen molar-refractivity contribution in [1.82, 2.24) is 4.57 Å². The molecule has 1 N–H and O–H groups in total. The molecule has 0 spiro atoms. The van der Waals surface area contributed by atoms with Crippen molar-refractivity contribution in [2.24, 2.45) is 11.8 Å². The molecule has 0 saturated carbocycles. The van der Waals surface area contributed by atoms with E-state index in [9.17, 15) is 19.8 Å². The molecule has 0 fully saturated rings. The van der Waals surface area contributed by atoms with E-state index < -0.39 is 24.0 Å². The first kappa shape index (κ1) is 24.4. The van der Waals surface area contributed by atoms with Crippen molar-refractivity contribution < 1.29 is 24.4 Å². The largest absolute Gasteiger partial charge is 0.548 e. The maximum Gasteiger partial charge on any atom is 0.373 e. The zero-order valence-electron chi connectivity index (χ0n) is 19.8. The highest BCUT2D eigenvalue weighted by Crippen LogP contribution is 2.28. The minimum absolute atomic E-state index is 0.0724. The molecule has 6 nitrogen and oxygen atoms in total. The second kappa shape index (κ2) is 9.50. The lowest BCUT2D eigenvalue weighted by atomic mass is 10.0. The molecule has 0 aliphatic carbocycles. The summed E-state index contributed by atoms with van der Waals surface area (Å²) in [4.78, 5) is 23.7. The number of nitrogens with zero attached hydrogens (tertiary/aromatic N) is 2. The van der Waals surface area contributed by atoms with Gasteiger partial charge in [0, 0.05) is 35.0 Å². The summed E-state index contributed by atoms with van der Waals surface area (Å²) >= 11 is 0. The van der Waals surface area contributed by atoms with Crippen LogP contribution in [0.1, 0.15) is 64.4 Å². The van der Waals surface area contributed by atoms with Crippen LogP contribution in [-0.4, -0.2) is 38.4 Å². The summed E-state index contributed by atoms with van der Waals surface area (Å²) < 4.78 is 3.58. The van der Waals surface area contributed by atoms with E-state index in [-0.39, 0.29) is 11.8 Å². The quantitative estimate of drug-likeness (QED) is 0.645. The van der Waals surface area contributed by atoms with Crippen molar-refractivity contribution in [2.45, 2.75) is 67.5 Å². The first-order valence-corrected chi connectivity index (χ1v) is 10.7.